The molecular formula is C21H17ClF6N4O2. The minimum absolute atomic E-state index is 0.0679. The molecule has 0 bridgehead atoms. The molecule has 0 saturated heterocycles. The van der Waals surface area contributed by atoms with Gasteiger partial charge in [-0.2, -0.15) is 18.2 Å². The highest BCUT2D eigenvalue weighted by atomic mass is 35.5. The maximum Gasteiger partial charge on any atom is 0.573 e. The summed E-state index contributed by atoms with van der Waals surface area (Å²) in [6.07, 6.45) is -9.64. The average Bonchev–Trinajstić information content (AvgIpc) is 2.73. The number of aliphatic hydroxyl groups excluding tert-OH is 1. The molecule has 1 aromatic heterocycles. The van der Waals surface area contributed by atoms with Crippen LogP contribution in [0.1, 0.15) is 12.5 Å². The normalized spacial score (nSPS) is 12.9. The number of hydrogen-bond donors (Lipinski definition) is 3. The summed E-state index contributed by atoms with van der Waals surface area (Å²) < 4.78 is 82.2. The number of ether oxygens (including phenoxy) is 1. The van der Waals surface area contributed by atoms with Gasteiger partial charge in [0.25, 0.3) is 0 Å². The van der Waals surface area contributed by atoms with Gasteiger partial charge in [0.05, 0.1) is 28.6 Å². The lowest BCUT2D eigenvalue weighted by atomic mass is 10.1. The predicted molar refractivity (Wildman–Crippen MR) is 114 cm³/mol. The number of halogens is 7. The number of nitrogens with zero attached hydrogens (tertiary/aromatic N) is 2. The molecule has 0 aliphatic heterocycles. The van der Waals surface area contributed by atoms with E-state index in [2.05, 4.69) is 25.3 Å². The minimum atomic E-state index is -4.92. The Balaban J connectivity index is 2.08. The number of para-hydroxylation sites is 1. The van der Waals surface area contributed by atoms with Gasteiger partial charge in [-0.15, -0.1) is 13.2 Å². The second-order valence-electron chi connectivity index (χ2n) is 7.05. The summed E-state index contributed by atoms with van der Waals surface area (Å²) in [7, 11) is 0. The van der Waals surface area contributed by atoms with E-state index in [0.717, 1.165) is 24.3 Å². The van der Waals surface area contributed by atoms with Crippen LogP contribution >= 0.6 is 11.6 Å². The van der Waals surface area contributed by atoms with E-state index in [0.29, 0.717) is 0 Å². The first-order chi connectivity index (χ1) is 15.9. The summed E-state index contributed by atoms with van der Waals surface area (Å²) in [6, 6.07) is 8.83. The van der Waals surface area contributed by atoms with Crippen molar-refractivity contribution in [2.75, 3.05) is 17.2 Å². The Labute approximate surface area is 194 Å². The fraction of sp³-hybridized carbons (Fsp3) is 0.238. The fourth-order valence-corrected chi connectivity index (χ4v) is 3.08. The van der Waals surface area contributed by atoms with Gasteiger partial charge in [0.1, 0.15) is 11.6 Å². The second-order valence-corrected chi connectivity index (χ2v) is 7.46. The molecule has 1 heterocycles. The third-order valence-electron chi connectivity index (χ3n) is 4.31. The number of aromatic nitrogens is 2. The fourth-order valence-electron chi connectivity index (χ4n) is 2.86. The Hall–Kier alpha value is -3.25. The van der Waals surface area contributed by atoms with Crippen LogP contribution in [0.25, 0.3) is 11.3 Å². The van der Waals surface area contributed by atoms with Crippen molar-refractivity contribution in [1.82, 2.24) is 9.97 Å². The molecule has 0 amide bonds. The summed E-state index contributed by atoms with van der Waals surface area (Å²) in [6.45, 7) is 1.28. The van der Waals surface area contributed by atoms with Crippen molar-refractivity contribution in [1.29, 1.82) is 0 Å². The van der Waals surface area contributed by atoms with Gasteiger partial charge in [0, 0.05) is 17.7 Å². The summed E-state index contributed by atoms with van der Waals surface area (Å²) in [4.78, 5) is 8.31. The summed E-state index contributed by atoms with van der Waals surface area (Å²) in [5, 5.41) is 14.4. The molecule has 1 atom stereocenters. The molecule has 3 N–H and O–H groups in total. The van der Waals surface area contributed by atoms with Crippen molar-refractivity contribution in [2.24, 2.45) is 0 Å². The van der Waals surface area contributed by atoms with E-state index in [1.807, 2.05) is 0 Å². The van der Waals surface area contributed by atoms with E-state index in [4.69, 9.17) is 11.6 Å². The molecule has 3 aromatic rings. The summed E-state index contributed by atoms with van der Waals surface area (Å²) in [5.74, 6) is -0.732. The van der Waals surface area contributed by atoms with Crippen LogP contribution in [-0.2, 0) is 6.18 Å². The minimum Gasteiger partial charge on any atom is -0.406 e. The molecule has 13 heteroatoms. The maximum absolute atomic E-state index is 13.5. The second kappa shape index (κ2) is 9.94. The molecule has 2 aromatic carbocycles. The topological polar surface area (TPSA) is 79.3 Å². The molecule has 0 spiro atoms. The zero-order valence-electron chi connectivity index (χ0n) is 17.3. The van der Waals surface area contributed by atoms with E-state index in [1.54, 1.807) is 6.92 Å². The van der Waals surface area contributed by atoms with E-state index < -0.39 is 35.6 Å². The third-order valence-corrected chi connectivity index (χ3v) is 4.63. The first kappa shape index (κ1) is 25.4. The van der Waals surface area contributed by atoms with Crippen LogP contribution in [0.4, 0.5) is 43.8 Å². The quantitative estimate of drug-likeness (QED) is 0.329. The third kappa shape index (κ3) is 6.64. The number of hydrogen-bond acceptors (Lipinski definition) is 6. The Morgan fingerprint density at radius 2 is 1.74 bits per heavy atom. The maximum atomic E-state index is 13.5. The van der Waals surface area contributed by atoms with Crippen molar-refractivity contribution in [3.63, 3.8) is 0 Å². The highest BCUT2D eigenvalue weighted by molar-refractivity contribution is 6.33. The van der Waals surface area contributed by atoms with Gasteiger partial charge in [-0.25, -0.2) is 4.98 Å². The number of rotatable bonds is 7. The molecule has 0 aliphatic carbocycles. The van der Waals surface area contributed by atoms with Gasteiger partial charge in [-0.3, -0.25) is 0 Å². The highest BCUT2D eigenvalue weighted by Crippen LogP contribution is 2.40. The van der Waals surface area contributed by atoms with Crippen molar-refractivity contribution in [2.45, 2.75) is 25.5 Å². The number of aliphatic hydroxyl groups is 1. The van der Waals surface area contributed by atoms with Crippen LogP contribution in [0.5, 0.6) is 5.75 Å². The number of benzene rings is 2. The van der Waals surface area contributed by atoms with E-state index in [9.17, 15) is 31.4 Å². The van der Waals surface area contributed by atoms with E-state index in [-0.39, 0.29) is 34.7 Å². The first-order valence-electron chi connectivity index (χ1n) is 9.61. The Kier molecular flexibility index (Phi) is 7.41. The summed E-state index contributed by atoms with van der Waals surface area (Å²) >= 11 is 5.99. The Morgan fingerprint density at radius 3 is 2.38 bits per heavy atom. The van der Waals surface area contributed by atoms with Crippen LogP contribution in [0.15, 0.2) is 48.5 Å². The Bertz CT molecular complexity index is 1160. The first-order valence-corrected chi connectivity index (χ1v) is 9.99. The molecule has 0 aliphatic rings. The average molecular weight is 507 g/mol. The lowest BCUT2D eigenvalue weighted by Gasteiger charge is -2.18. The molecule has 0 radical (unpaired) electrons. The molecular weight excluding hydrogens is 490 g/mol. The van der Waals surface area contributed by atoms with Gasteiger partial charge in [-0.1, -0.05) is 29.8 Å². The van der Waals surface area contributed by atoms with Crippen molar-refractivity contribution in [3.8, 4) is 17.0 Å². The summed E-state index contributed by atoms with van der Waals surface area (Å²) in [5.41, 5.74) is -1.27. The lowest BCUT2D eigenvalue weighted by Crippen LogP contribution is -2.21. The number of nitrogens with one attached hydrogen (secondary N) is 2. The van der Waals surface area contributed by atoms with Crippen LogP contribution in [0.2, 0.25) is 5.02 Å². The van der Waals surface area contributed by atoms with Crippen molar-refractivity contribution >= 4 is 29.1 Å². The van der Waals surface area contributed by atoms with Gasteiger partial charge >= 0.3 is 12.5 Å². The lowest BCUT2D eigenvalue weighted by molar-refractivity contribution is -0.274. The zero-order valence-corrected chi connectivity index (χ0v) is 18.1. The van der Waals surface area contributed by atoms with Crippen LogP contribution in [0, 0.1) is 0 Å². The van der Waals surface area contributed by atoms with Crippen LogP contribution in [0.3, 0.4) is 0 Å². The van der Waals surface area contributed by atoms with Gasteiger partial charge < -0.3 is 20.5 Å². The molecule has 0 fully saturated rings. The van der Waals surface area contributed by atoms with Crippen molar-refractivity contribution < 1.29 is 36.2 Å². The molecule has 0 saturated carbocycles. The smallest absolute Gasteiger partial charge is 0.406 e. The Morgan fingerprint density at radius 1 is 1.03 bits per heavy atom. The predicted octanol–water partition coefficient (Wildman–Crippen LogP) is 6.25. The number of alkyl halides is 6. The van der Waals surface area contributed by atoms with Gasteiger partial charge in [0.2, 0.25) is 5.95 Å². The molecule has 34 heavy (non-hydrogen) atoms. The standard InChI is InChI=1S/C21H17ClF6N4O2/c1-11(10-33)29-19-30-16(12-4-2-5-13(8-12)34-21(26,27)28)9-17(32-19)31-18-14(20(23,24)25)6-3-7-15(18)22/h2-9,11,33H,10H2,1H3,(H2,29,30,31,32)/t11-/m0/s1. The van der Waals surface area contributed by atoms with Crippen molar-refractivity contribution in [3.05, 3.63) is 59.1 Å². The van der Waals surface area contributed by atoms with Gasteiger partial charge in [-0.05, 0) is 31.2 Å². The number of anilines is 3. The van der Waals surface area contributed by atoms with Crippen LogP contribution in [-0.4, -0.2) is 34.1 Å². The molecule has 182 valence electrons. The molecule has 3 rings (SSSR count). The molecule has 0 unspecified atom stereocenters. The highest BCUT2D eigenvalue weighted by Gasteiger charge is 2.34. The van der Waals surface area contributed by atoms with Gasteiger partial charge in [0.15, 0.2) is 0 Å². The van der Waals surface area contributed by atoms with E-state index >= 15 is 0 Å². The van der Waals surface area contributed by atoms with E-state index in [1.165, 1.54) is 24.3 Å². The largest absolute Gasteiger partial charge is 0.573 e. The monoisotopic (exact) mass is 506 g/mol. The SMILES string of the molecule is C[C@@H](CO)Nc1nc(Nc2c(Cl)cccc2C(F)(F)F)cc(-c2cccc(OC(F)(F)F)c2)n1. The van der Waals surface area contributed by atoms with Crippen LogP contribution < -0.4 is 15.4 Å². The zero-order chi connectivity index (χ0) is 25.1. The molecule has 6 nitrogen and oxygen atoms in total.